The fraction of sp³-hybridized carbons (Fsp3) is 0.0625. The summed E-state index contributed by atoms with van der Waals surface area (Å²) in [5, 5.41) is 0. The fourth-order valence-electron chi connectivity index (χ4n) is 2.12. The maximum atomic E-state index is 13.1. The van der Waals surface area contributed by atoms with Crippen LogP contribution in [0.15, 0.2) is 65.4 Å². The molecular weight excluding hydrogens is 319 g/mol. The van der Waals surface area contributed by atoms with E-state index in [-0.39, 0.29) is 5.82 Å². The molecule has 0 spiro atoms. The molecule has 0 radical (unpaired) electrons. The molecule has 4 heteroatoms. The largest absolute Gasteiger partial charge is 0.327 e. The first-order valence-electron chi connectivity index (χ1n) is 6.24. The van der Waals surface area contributed by atoms with Gasteiger partial charge in [0.05, 0.1) is 6.54 Å². The van der Waals surface area contributed by atoms with Crippen LogP contribution in [0.5, 0.6) is 0 Å². The van der Waals surface area contributed by atoms with Gasteiger partial charge in [-0.05, 0) is 17.7 Å². The van der Waals surface area contributed by atoms with Crippen molar-refractivity contribution in [1.82, 2.24) is 9.55 Å². The fourth-order valence-corrected chi connectivity index (χ4v) is 2.59. The zero-order valence-electron chi connectivity index (χ0n) is 10.6. The van der Waals surface area contributed by atoms with E-state index in [0.29, 0.717) is 6.54 Å². The van der Waals surface area contributed by atoms with Crippen LogP contribution in [-0.2, 0) is 6.54 Å². The number of imidazole rings is 1. The zero-order valence-corrected chi connectivity index (χ0v) is 12.2. The van der Waals surface area contributed by atoms with Crippen LogP contribution in [0, 0.1) is 5.82 Å². The van der Waals surface area contributed by atoms with Crippen LogP contribution in [0.2, 0.25) is 0 Å². The van der Waals surface area contributed by atoms with Crippen molar-refractivity contribution in [3.8, 4) is 11.4 Å². The van der Waals surface area contributed by atoms with E-state index in [2.05, 4.69) is 20.9 Å². The standard InChI is InChI=1S/C16H12BrFN2/c17-15-10-14(18)7-6-13(15)11-20-9-8-19-16(20)12-4-2-1-3-5-12/h1-10H,11H2. The van der Waals surface area contributed by atoms with Gasteiger partial charge in [0.15, 0.2) is 0 Å². The van der Waals surface area contributed by atoms with E-state index in [9.17, 15) is 4.39 Å². The van der Waals surface area contributed by atoms with Gasteiger partial charge in [0, 0.05) is 22.4 Å². The van der Waals surface area contributed by atoms with Crippen molar-refractivity contribution in [3.05, 3.63) is 76.8 Å². The summed E-state index contributed by atoms with van der Waals surface area (Å²) in [5.74, 6) is 0.663. The Bertz CT molecular complexity index is 722. The maximum Gasteiger partial charge on any atom is 0.140 e. The predicted octanol–water partition coefficient (Wildman–Crippen LogP) is 4.50. The van der Waals surface area contributed by atoms with Gasteiger partial charge in [-0.1, -0.05) is 52.3 Å². The van der Waals surface area contributed by atoms with Crippen molar-refractivity contribution < 1.29 is 4.39 Å². The molecule has 0 saturated carbocycles. The normalized spacial score (nSPS) is 10.7. The lowest BCUT2D eigenvalue weighted by molar-refractivity contribution is 0.625. The summed E-state index contributed by atoms with van der Waals surface area (Å²) in [4.78, 5) is 4.40. The number of halogens is 2. The summed E-state index contributed by atoms with van der Waals surface area (Å²) in [7, 11) is 0. The Morgan fingerprint density at radius 1 is 1.10 bits per heavy atom. The van der Waals surface area contributed by atoms with E-state index in [0.717, 1.165) is 21.4 Å². The molecular formula is C16H12BrFN2. The lowest BCUT2D eigenvalue weighted by Crippen LogP contribution is -2.02. The molecule has 0 unspecified atom stereocenters. The molecule has 20 heavy (non-hydrogen) atoms. The Kier molecular flexibility index (Phi) is 3.65. The molecule has 0 saturated heterocycles. The minimum absolute atomic E-state index is 0.241. The first-order valence-corrected chi connectivity index (χ1v) is 7.04. The molecule has 0 amide bonds. The van der Waals surface area contributed by atoms with Crippen LogP contribution in [0.4, 0.5) is 4.39 Å². The third kappa shape index (κ3) is 2.65. The molecule has 100 valence electrons. The van der Waals surface area contributed by atoms with Crippen molar-refractivity contribution in [2.45, 2.75) is 6.54 Å². The number of aromatic nitrogens is 2. The number of hydrogen-bond acceptors (Lipinski definition) is 1. The van der Waals surface area contributed by atoms with Gasteiger partial charge in [-0.15, -0.1) is 0 Å². The Balaban J connectivity index is 1.95. The molecule has 2 aromatic carbocycles. The summed E-state index contributed by atoms with van der Waals surface area (Å²) in [5.41, 5.74) is 2.08. The molecule has 3 rings (SSSR count). The van der Waals surface area contributed by atoms with Crippen molar-refractivity contribution >= 4 is 15.9 Å². The smallest absolute Gasteiger partial charge is 0.140 e. The minimum Gasteiger partial charge on any atom is -0.327 e. The second-order valence-electron chi connectivity index (χ2n) is 4.48. The quantitative estimate of drug-likeness (QED) is 0.691. The van der Waals surface area contributed by atoms with Crippen LogP contribution in [0.1, 0.15) is 5.56 Å². The van der Waals surface area contributed by atoms with Crippen LogP contribution in [0.3, 0.4) is 0 Å². The number of rotatable bonds is 3. The van der Waals surface area contributed by atoms with Crippen LogP contribution in [-0.4, -0.2) is 9.55 Å². The Morgan fingerprint density at radius 2 is 1.90 bits per heavy atom. The molecule has 2 nitrogen and oxygen atoms in total. The van der Waals surface area contributed by atoms with Crippen molar-refractivity contribution in [2.24, 2.45) is 0 Å². The molecule has 0 bridgehead atoms. The topological polar surface area (TPSA) is 17.8 Å². The summed E-state index contributed by atoms with van der Waals surface area (Å²) in [6, 6.07) is 14.7. The summed E-state index contributed by atoms with van der Waals surface area (Å²) in [6.07, 6.45) is 3.71. The third-order valence-corrected chi connectivity index (χ3v) is 3.84. The van der Waals surface area contributed by atoms with Crippen molar-refractivity contribution in [3.63, 3.8) is 0 Å². The van der Waals surface area contributed by atoms with Gasteiger partial charge in [-0.3, -0.25) is 0 Å². The van der Waals surface area contributed by atoms with Gasteiger partial charge in [0.25, 0.3) is 0 Å². The van der Waals surface area contributed by atoms with E-state index in [1.165, 1.54) is 12.1 Å². The van der Waals surface area contributed by atoms with E-state index < -0.39 is 0 Å². The average molecular weight is 331 g/mol. The maximum absolute atomic E-state index is 13.1. The minimum atomic E-state index is -0.241. The molecule has 0 aliphatic carbocycles. The molecule has 0 aliphatic rings. The second kappa shape index (κ2) is 5.59. The first kappa shape index (κ1) is 13.1. The molecule has 3 aromatic rings. The summed E-state index contributed by atoms with van der Waals surface area (Å²) >= 11 is 3.40. The first-order chi connectivity index (χ1) is 9.74. The van der Waals surface area contributed by atoms with E-state index in [1.54, 1.807) is 12.3 Å². The summed E-state index contributed by atoms with van der Waals surface area (Å²) in [6.45, 7) is 0.644. The second-order valence-corrected chi connectivity index (χ2v) is 5.33. The number of benzene rings is 2. The molecule has 1 heterocycles. The Morgan fingerprint density at radius 3 is 2.65 bits per heavy atom. The van der Waals surface area contributed by atoms with Gasteiger partial charge in [0.2, 0.25) is 0 Å². The number of hydrogen-bond donors (Lipinski definition) is 0. The lowest BCUT2D eigenvalue weighted by atomic mass is 10.2. The SMILES string of the molecule is Fc1ccc(Cn2ccnc2-c2ccccc2)c(Br)c1. The van der Waals surface area contributed by atoms with Crippen LogP contribution in [0.25, 0.3) is 11.4 Å². The Labute approximate surface area is 125 Å². The van der Waals surface area contributed by atoms with Crippen LogP contribution < -0.4 is 0 Å². The number of nitrogens with zero attached hydrogens (tertiary/aromatic N) is 2. The molecule has 0 aliphatic heterocycles. The zero-order chi connectivity index (χ0) is 13.9. The highest BCUT2D eigenvalue weighted by molar-refractivity contribution is 9.10. The van der Waals surface area contributed by atoms with Crippen molar-refractivity contribution in [1.29, 1.82) is 0 Å². The van der Waals surface area contributed by atoms with Gasteiger partial charge >= 0.3 is 0 Å². The molecule has 0 N–H and O–H groups in total. The molecule has 0 atom stereocenters. The van der Waals surface area contributed by atoms with E-state index in [4.69, 9.17) is 0 Å². The molecule has 0 fully saturated rings. The van der Waals surface area contributed by atoms with E-state index in [1.807, 2.05) is 41.1 Å². The van der Waals surface area contributed by atoms with Crippen molar-refractivity contribution in [2.75, 3.05) is 0 Å². The van der Waals surface area contributed by atoms with Gasteiger partial charge in [-0.2, -0.15) is 0 Å². The highest BCUT2D eigenvalue weighted by atomic mass is 79.9. The highest BCUT2D eigenvalue weighted by Crippen LogP contribution is 2.22. The average Bonchev–Trinajstić information content (AvgIpc) is 2.91. The third-order valence-electron chi connectivity index (χ3n) is 3.10. The Hall–Kier alpha value is -1.94. The van der Waals surface area contributed by atoms with Gasteiger partial charge < -0.3 is 4.57 Å². The van der Waals surface area contributed by atoms with Gasteiger partial charge in [-0.25, -0.2) is 9.37 Å². The van der Waals surface area contributed by atoms with Gasteiger partial charge in [0.1, 0.15) is 11.6 Å². The summed E-state index contributed by atoms with van der Waals surface area (Å²) < 4.78 is 15.9. The monoisotopic (exact) mass is 330 g/mol. The van der Waals surface area contributed by atoms with E-state index >= 15 is 0 Å². The highest BCUT2D eigenvalue weighted by Gasteiger charge is 2.08. The predicted molar refractivity (Wildman–Crippen MR) is 80.9 cm³/mol. The molecule has 1 aromatic heterocycles. The van der Waals surface area contributed by atoms with Crippen LogP contribution >= 0.6 is 15.9 Å². The lowest BCUT2D eigenvalue weighted by Gasteiger charge is -2.09.